The molecule has 6 heteroatoms. The average Bonchev–Trinajstić information content (AvgIpc) is 2.40. The number of aliphatic hydroxyl groups is 1. The highest BCUT2D eigenvalue weighted by atomic mass is 16.6. The third-order valence-electron chi connectivity index (χ3n) is 2.99. The first-order valence-corrected chi connectivity index (χ1v) is 6.78. The second-order valence-electron chi connectivity index (χ2n) is 4.79. The van der Waals surface area contributed by atoms with Crippen molar-refractivity contribution in [2.24, 2.45) is 0 Å². The summed E-state index contributed by atoms with van der Waals surface area (Å²) < 4.78 is 5.66. The minimum absolute atomic E-state index is 0.0374. The van der Waals surface area contributed by atoms with Crippen LogP contribution in [0, 0.1) is 10.1 Å². The first-order valence-electron chi connectivity index (χ1n) is 6.78. The number of hydrogen-bond acceptors (Lipinski definition) is 5. The van der Waals surface area contributed by atoms with Gasteiger partial charge < -0.3 is 15.2 Å². The van der Waals surface area contributed by atoms with Gasteiger partial charge in [-0.25, -0.2) is 0 Å². The molecule has 0 fully saturated rings. The van der Waals surface area contributed by atoms with E-state index in [0.717, 1.165) is 18.5 Å². The highest BCUT2D eigenvalue weighted by Crippen LogP contribution is 2.25. The maximum absolute atomic E-state index is 10.8. The molecule has 6 nitrogen and oxygen atoms in total. The van der Waals surface area contributed by atoms with Gasteiger partial charge in [0.05, 0.1) is 11.0 Å². The molecule has 2 atom stereocenters. The summed E-state index contributed by atoms with van der Waals surface area (Å²) in [6.07, 6.45) is -0.00197. The maximum Gasteiger partial charge on any atom is 0.270 e. The molecule has 2 N–H and O–H groups in total. The van der Waals surface area contributed by atoms with Crippen LogP contribution in [0.4, 0.5) is 5.69 Å². The number of nitrogens with zero attached hydrogens (tertiary/aromatic N) is 1. The number of benzene rings is 1. The zero-order chi connectivity index (χ0) is 15.1. The van der Waals surface area contributed by atoms with Crippen LogP contribution in [0.5, 0.6) is 5.75 Å². The van der Waals surface area contributed by atoms with Crippen molar-refractivity contribution < 1.29 is 14.8 Å². The molecule has 0 aliphatic heterocycles. The Morgan fingerprint density at radius 3 is 2.70 bits per heavy atom. The van der Waals surface area contributed by atoms with Crippen molar-refractivity contribution in [2.45, 2.75) is 45.9 Å². The average molecular weight is 282 g/mol. The van der Waals surface area contributed by atoms with Crippen molar-refractivity contribution in [2.75, 3.05) is 6.54 Å². The molecular weight excluding hydrogens is 260 g/mol. The van der Waals surface area contributed by atoms with Crippen LogP contribution in [-0.4, -0.2) is 28.8 Å². The van der Waals surface area contributed by atoms with Crippen LogP contribution in [0.2, 0.25) is 0 Å². The van der Waals surface area contributed by atoms with E-state index in [1.165, 1.54) is 12.1 Å². The number of nitrogens with one attached hydrogen (secondary N) is 1. The molecule has 2 unspecified atom stereocenters. The molecule has 0 aliphatic rings. The molecule has 0 aliphatic carbocycles. The first kappa shape index (κ1) is 16.4. The third-order valence-corrected chi connectivity index (χ3v) is 2.99. The molecule has 1 rings (SSSR count). The molecule has 0 bridgehead atoms. The molecule has 0 spiro atoms. The van der Waals surface area contributed by atoms with Gasteiger partial charge in [0, 0.05) is 24.2 Å². The second kappa shape index (κ2) is 7.81. The Kier molecular flexibility index (Phi) is 6.41. The van der Waals surface area contributed by atoms with E-state index in [4.69, 9.17) is 4.74 Å². The number of non-ortho nitro benzene ring substituents is 1. The Morgan fingerprint density at radius 1 is 1.45 bits per heavy atom. The summed E-state index contributed by atoms with van der Waals surface area (Å²) in [6, 6.07) is 4.50. The smallest absolute Gasteiger partial charge is 0.270 e. The molecule has 0 saturated heterocycles. The fourth-order valence-electron chi connectivity index (χ4n) is 1.63. The molecule has 0 radical (unpaired) electrons. The van der Waals surface area contributed by atoms with Gasteiger partial charge >= 0.3 is 0 Å². The highest BCUT2D eigenvalue weighted by Gasteiger charge is 2.16. The van der Waals surface area contributed by atoms with E-state index in [0.29, 0.717) is 12.3 Å². The topological polar surface area (TPSA) is 84.6 Å². The van der Waals surface area contributed by atoms with Crippen molar-refractivity contribution in [3.05, 3.63) is 33.9 Å². The van der Waals surface area contributed by atoms with E-state index in [-0.39, 0.29) is 11.8 Å². The summed E-state index contributed by atoms with van der Waals surface area (Å²) in [7, 11) is 0. The fraction of sp³-hybridized carbons (Fsp3) is 0.571. The normalized spacial score (nSPS) is 13.8. The van der Waals surface area contributed by atoms with E-state index in [1.54, 1.807) is 19.9 Å². The predicted molar refractivity (Wildman–Crippen MR) is 76.9 cm³/mol. The Morgan fingerprint density at radius 2 is 2.15 bits per heavy atom. The Balaban J connectivity index is 2.92. The third kappa shape index (κ3) is 4.79. The molecule has 112 valence electrons. The van der Waals surface area contributed by atoms with Crippen molar-refractivity contribution in [3.8, 4) is 5.75 Å². The van der Waals surface area contributed by atoms with Gasteiger partial charge in [0.25, 0.3) is 5.69 Å². The van der Waals surface area contributed by atoms with Crippen LogP contribution in [0.25, 0.3) is 0 Å². The fourth-order valence-corrected chi connectivity index (χ4v) is 1.63. The summed E-state index contributed by atoms with van der Waals surface area (Å²) in [5.41, 5.74) is 0.760. The Bertz CT molecular complexity index is 449. The van der Waals surface area contributed by atoms with E-state index in [2.05, 4.69) is 5.32 Å². The Labute approximate surface area is 118 Å². The predicted octanol–water partition coefficient (Wildman–Crippen LogP) is 2.24. The summed E-state index contributed by atoms with van der Waals surface area (Å²) in [4.78, 5) is 10.4. The lowest BCUT2D eigenvalue weighted by molar-refractivity contribution is -0.384. The minimum atomic E-state index is -0.610. The van der Waals surface area contributed by atoms with Gasteiger partial charge in [-0.1, -0.05) is 6.92 Å². The van der Waals surface area contributed by atoms with Gasteiger partial charge in [-0.2, -0.15) is 0 Å². The van der Waals surface area contributed by atoms with Crippen LogP contribution in [-0.2, 0) is 6.54 Å². The molecule has 0 heterocycles. The standard InChI is InChI=1S/C14H22N2O4/c1-4-7-15-9-12-8-13(16(18)19)5-6-14(12)20-11(3)10(2)17/h5-6,8,10-11,15,17H,4,7,9H2,1-3H3. The molecule has 0 aromatic heterocycles. The minimum Gasteiger partial charge on any atom is -0.488 e. The van der Waals surface area contributed by atoms with Gasteiger partial charge in [-0.05, 0) is 32.9 Å². The summed E-state index contributed by atoms with van der Waals surface area (Å²) in [5.74, 6) is 0.563. The maximum atomic E-state index is 10.8. The van der Waals surface area contributed by atoms with E-state index >= 15 is 0 Å². The number of hydrogen-bond donors (Lipinski definition) is 2. The molecule has 20 heavy (non-hydrogen) atoms. The van der Waals surface area contributed by atoms with Gasteiger partial charge in [0.15, 0.2) is 0 Å². The van der Waals surface area contributed by atoms with Crippen molar-refractivity contribution in [1.82, 2.24) is 5.32 Å². The molecule has 0 saturated carbocycles. The zero-order valence-corrected chi connectivity index (χ0v) is 12.1. The van der Waals surface area contributed by atoms with Crippen molar-refractivity contribution >= 4 is 5.69 Å². The van der Waals surface area contributed by atoms with E-state index in [1.807, 2.05) is 6.92 Å². The number of aliphatic hydroxyl groups excluding tert-OH is 1. The van der Waals surface area contributed by atoms with Crippen LogP contribution < -0.4 is 10.1 Å². The lowest BCUT2D eigenvalue weighted by Gasteiger charge is -2.19. The number of nitro benzene ring substituents is 1. The van der Waals surface area contributed by atoms with Crippen molar-refractivity contribution in [1.29, 1.82) is 0 Å². The Hall–Kier alpha value is -1.66. The number of ether oxygens (including phenoxy) is 1. The summed E-state index contributed by atoms with van der Waals surface area (Å²) in [6.45, 7) is 6.78. The quantitative estimate of drug-likeness (QED) is 0.434. The largest absolute Gasteiger partial charge is 0.488 e. The molecule has 1 aromatic rings. The lowest BCUT2D eigenvalue weighted by atomic mass is 10.1. The van der Waals surface area contributed by atoms with Crippen LogP contribution in [0.1, 0.15) is 32.8 Å². The number of rotatable bonds is 8. The van der Waals surface area contributed by atoms with Gasteiger partial charge in [0.1, 0.15) is 11.9 Å². The monoisotopic (exact) mass is 282 g/mol. The first-order chi connectivity index (χ1) is 9.45. The van der Waals surface area contributed by atoms with Crippen LogP contribution in [0.15, 0.2) is 18.2 Å². The van der Waals surface area contributed by atoms with Crippen molar-refractivity contribution in [3.63, 3.8) is 0 Å². The molecule has 0 amide bonds. The number of nitro groups is 1. The van der Waals surface area contributed by atoms with Gasteiger partial charge in [-0.15, -0.1) is 0 Å². The highest BCUT2D eigenvalue weighted by molar-refractivity contribution is 5.44. The molecule has 1 aromatic carbocycles. The summed E-state index contributed by atoms with van der Waals surface area (Å²) in [5, 5.41) is 23.5. The van der Waals surface area contributed by atoms with Gasteiger partial charge in [0.2, 0.25) is 0 Å². The van der Waals surface area contributed by atoms with E-state index in [9.17, 15) is 15.2 Å². The lowest BCUT2D eigenvalue weighted by Crippen LogP contribution is -2.26. The zero-order valence-electron chi connectivity index (χ0n) is 12.1. The summed E-state index contributed by atoms with van der Waals surface area (Å²) >= 11 is 0. The SMILES string of the molecule is CCCNCc1cc([N+](=O)[O-])ccc1OC(C)C(C)O. The van der Waals surface area contributed by atoms with Crippen LogP contribution in [0.3, 0.4) is 0 Å². The second-order valence-corrected chi connectivity index (χ2v) is 4.79. The molecular formula is C14H22N2O4. The van der Waals surface area contributed by atoms with Crippen LogP contribution >= 0.6 is 0 Å². The van der Waals surface area contributed by atoms with E-state index < -0.39 is 11.0 Å². The van der Waals surface area contributed by atoms with Gasteiger partial charge in [-0.3, -0.25) is 10.1 Å².